The summed E-state index contributed by atoms with van der Waals surface area (Å²) >= 11 is 5.93. The minimum Gasteiger partial charge on any atom is -0.355 e. The minimum absolute atomic E-state index is 0.208. The highest BCUT2D eigenvalue weighted by atomic mass is 35.5. The number of nitrogens with one attached hydrogen (secondary N) is 1. The topological polar surface area (TPSA) is 66.5 Å². The molecule has 5 nitrogen and oxygen atoms in total. The van der Waals surface area contributed by atoms with Crippen LogP contribution in [0, 0.1) is 6.92 Å². The third-order valence-corrected chi connectivity index (χ3v) is 5.72. The van der Waals surface area contributed by atoms with Gasteiger partial charge >= 0.3 is 6.18 Å². The number of alkyl halides is 3. The Balaban J connectivity index is 2.06. The van der Waals surface area contributed by atoms with Gasteiger partial charge in [0, 0.05) is 6.54 Å². The molecule has 0 aliphatic rings. The van der Waals surface area contributed by atoms with Gasteiger partial charge in [0.1, 0.15) is 6.54 Å². The van der Waals surface area contributed by atoms with Crippen LogP contribution < -0.4 is 9.62 Å². The van der Waals surface area contributed by atoms with Crippen LogP contribution in [0.5, 0.6) is 0 Å². The lowest BCUT2D eigenvalue weighted by molar-refractivity contribution is -0.137. The molecule has 0 spiro atoms. The molecular weight excluding hydrogens is 441 g/mol. The van der Waals surface area contributed by atoms with E-state index in [2.05, 4.69) is 5.32 Å². The highest BCUT2D eigenvalue weighted by Gasteiger charge is 2.33. The van der Waals surface area contributed by atoms with Gasteiger partial charge in [-0.25, -0.2) is 8.42 Å². The quantitative estimate of drug-likeness (QED) is 0.598. The van der Waals surface area contributed by atoms with Gasteiger partial charge in [-0.05, 0) is 43.5 Å². The van der Waals surface area contributed by atoms with E-state index < -0.39 is 39.9 Å². The number of hydrogen-bond donors (Lipinski definition) is 1. The molecule has 0 aromatic heterocycles. The summed E-state index contributed by atoms with van der Waals surface area (Å²) in [7, 11) is -4.06. The summed E-state index contributed by atoms with van der Waals surface area (Å²) in [6, 6.07) is 10.2. The summed E-state index contributed by atoms with van der Waals surface area (Å²) in [5.74, 6) is -0.641. The zero-order chi connectivity index (χ0) is 22.5. The maximum Gasteiger partial charge on any atom is 0.416 e. The second kappa shape index (κ2) is 9.70. The summed E-state index contributed by atoms with van der Waals surface area (Å²) in [5, 5.41) is 2.39. The van der Waals surface area contributed by atoms with E-state index in [1.54, 1.807) is 0 Å². The van der Waals surface area contributed by atoms with Crippen molar-refractivity contribution in [2.75, 3.05) is 23.7 Å². The molecule has 0 saturated heterocycles. The maximum absolute atomic E-state index is 13.0. The monoisotopic (exact) mass is 462 g/mol. The molecule has 0 aliphatic heterocycles. The summed E-state index contributed by atoms with van der Waals surface area (Å²) < 4.78 is 63.8. The molecule has 2 aromatic rings. The first-order valence-electron chi connectivity index (χ1n) is 9.04. The predicted molar refractivity (Wildman–Crippen MR) is 111 cm³/mol. The van der Waals surface area contributed by atoms with Crippen LogP contribution >= 0.6 is 11.6 Å². The zero-order valence-electron chi connectivity index (χ0n) is 16.5. The number of benzene rings is 2. The highest BCUT2D eigenvalue weighted by molar-refractivity contribution is 7.92. The first-order chi connectivity index (χ1) is 13.9. The fraction of sp³-hybridized carbons (Fsp3) is 0.350. The lowest BCUT2D eigenvalue weighted by Gasteiger charge is -2.24. The molecule has 0 bridgehead atoms. The van der Waals surface area contributed by atoms with Crippen molar-refractivity contribution in [1.29, 1.82) is 0 Å². The molecule has 30 heavy (non-hydrogen) atoms. The van der Waals surface area contributed by atoms with Crippen molar-refractivity contribution in [3.8, 4) is 0 Å². The van der Waals surface area contributed by atoms with Crippen molar-refractivity contribution in [3.05, 3.63) is 64.2 Å². The number of sulfonamides is 1. The Kier molecular flexibility index (Phi) is 7.76. The van der Waals surface area contributed by atoms with Gasteiger partial charge in [0.15, 0.2) is 0 Å². The van der Waals surface area contributed by atoms with Gasteiger partial charge in [0.2, 0.25) is 15.9 Å². The Hall–Kier alpha value is -2.26. The van der Waals surface area contributed by atoms with E-state index in [1.165, 1.54) is 0 Å². The Bertz CT molecular complexity index is 1010. The van der Waals surface area contributed by atoms with E-state index >= 15 is 0 Å². The van der Waals surface area contributed by atoms with Crippen molar-refractivity contribution in [2.24, 2.45) is 0 Å². The average Bonchev–Trinajstić information content (AvgIpc) is 2.62. The third-order valence-electron chi connectivity index (χ3n) is 4.28. The summed E-state index contributed by atoms with van der Waals surface area (Å²) in [6.07, 6.45) is -2.54. The predicted octanol–water partition coefficient (Wildman–Crippen LogP) is 4.18. The van der Waals surface area contributed by atoms with Gasteiger partial charge < -0.3 is 5.32 Å². The molecule has 1 N–H and O–H groups in total. The Morgan fingerprint density at radius 1 is 1.17 bits per heavy atom. The van der Waals surface area contributed by atoms with Gasteiger partial charge in [0.25, 0.3) is 0 Å². The molecule has 0 radical (unpaired) electrons. The molecule has 2 rings (SSSR count). The number of anilines is 1. The molecule has 0 atom stereocenters. The average molecular weight is 463 g/mol. The van der Waals surface area contributed by atoms with Gasteiger partial charge in [-0.2, -0.15) is 13.2 Å². The van der Waals surface area contributed by atoms with Crippen LogP contribution in [0.4, 0.5) is 18.9 Å². The molecule has 10 heteroatoms. The van der Waals surface area contributed by atoms with Gasteiger partial charge in [0.05, 0.1) is 22.5 Å². The van der Waals surface area contributed by atoms with E-state index in [4.69, 9.17) is 11.6 Å². The van der Waals surface area contributed by atoms with Crippen LogP contribution in [0.2, 0.25) is 5.02 Å². The molecule has 0 fully saturated rings. The number of carbonyl (C=O) groups excluding carboxylic acids is 1. The number of hydrogen-bond acceptors (Lipinski definition) is 3. The SMILES string of the molecule is Cc1cccc(CCCNC(=O)CN(c2cc(C(F)(F)F)ccc2Cl)S(C)(=O)=O)c1. The lowest BCUT2D eigenvalue weighted by atomic mass is 10.1. The minimum atomic E-state index is -4.68. The van der Waals surface area contributed by atoms with Crippen LogP contribution in [0.25, 0.3) is 0 Å². The summed E-state index contributed by atoms with van der Waals surface area (Å²) in [6.45, 7) is 1.59. The normalized spacial score (nSPS) is 11.9. The smallest absolute Gasteiger partial charge is 0.355 e. The standard InChI is InChI=1S/C20H22ClF3N2O3S/c1-14-5-3-6-15(11-14)7-4-10-25-19(27)13-26(30(2,28)29)18-12-16(20(22,23)24)8-9-17(18)21/h3,5-6,8-9,11-12H,4,7,10,13H2,1-2H3,(H,25,27). The summed E-state index contributed by atoms with van der Waals surface area (Å²) in [5.41, 5.74) is 0.772. The number of rotatable bonds is 8. The second-order valence-electron chi connectivity index (χ2n) is 6.88. The maximum atomic E-state index is 13.0. The van der Waals surface area contributed by atoms with Crippen molar-refractivity contribution < 1.29 is 26.4 Å². The van der Waals surface area contributed by atoms with Crippen LogP contribution in [-0.4, -0.2) is 33.7 Å². The molecule has 0 unspecified atom stereocenters. The van der Waals surface area contributed by atoms with E-state index in [-0.39, 0.29) is 5.02 Å². The van der Waals surface area contributed by atoms with Gasteiger partial charge in [-0.1, -0.05) is 41.4 Å². The largest absolute Gasteiger partial charge is 0.416 e. The van der Waals surface area contributed by atoms with E-state index in [9.17, 15) is 26.4 Å². The van der Waals surface area contributed by atoms with Crippen molar-refractivity contribution >= 4 is 33.2 Å². The summed E-state index contributed by atoms with van der Waals surface area (Å²) in [4.78, 5) is 12.2. The van der Waals surface area contributed by atoms with Crippen LogP contribution in [0.3, 0.4) is 0 Å². The Morgan fingerprint density at radius 3 is 2.47 bits per heavy atom. The molecule has 0 aliphatic carbocycles. The van der Waals surface area contributed by atoms with Crippen molar-refractivity contribution in [3.63, 3.8) is 0 Å². The van der Waals surface area contributed by atoms with Crippen LogP contribution in [-0.2, 0) is 27.4 Å². The highest BCUT2D eigenvalue weighted by Crippen LogP contribution is 2.36. The number of carbonyl (C=O) groups is 1. The zero-order valence-corrected chi connectivity index (χ0v) is 18.0. The second-order valence-corrected chi connectivity index (χ2v) is 9.19. The fourth-order valence-electron chi connectivity index (χ4n) is 2.84. The molecule has 1 amide bonds. The fourth-order valence-corrected chi connectivity index (χ4v) is 3.97. The number of halogens is 4. The van der Waals surface area contributed by atoms with Crippen molar-refractivity contribution in [1.82, 2.24) is 5.32 Å². The van der Waals surface area contributed by atoms with E-state index in [0.29, 0.717) is 23.3 Å². The van der Waals surface area contributed by atoms with Gasteiger partial charge in [-0.3, -0.25) is 9.10 Å². The molecular formula is C20H22ClF3N2O3S. The van der Waals surface area contributed by atoms with Crippen LogP contribution in [0.15, 0.2) is 42.5 Å². The lowest BCUT2D eigenvalue weighted by Crippen LogP contribution is -2.41. The molecule has 2 aromatic carbocycles. The number of nitrogens with zero attached hydrogens (tertiary/aromatic N) is 1. The molecule has 164 valence electrons. The van der Waals surface area contributed by atoms with E-state index in [0.717, 1.165) is 35.9 Å². The Morgan fingerprint density at radius 2 is 1.87 bits per heavy atom. The van der Waals surface area contributed by atoms with Crippen molar-refractivity contribution in [2.45, 2.75) is 25.9 Å². The number of aryl methyl sites for hydroxylation is 2. The third kappa shape index (κ3) is 6.91. The van der Waals surface area contributed by atoms with Crippen LogP contribution in [0.1, 0.15) is 23.1 Å². The van der Waals surface area contributed by atoms with Gasteiger partial charge in [-0.15, -0.1) is 0 Å². The van der Waals surface area contributed by atoms with E-state index in [1.807, 2.05) is 31.2 Å². The molecule has 0 heterocycles. The number of amides is 1. The Labute approximate surface area is 178 Å². The molecule has 0 saturated carbocycles. The first-order valence-corrected chi connectivity index (χ1v) is 11.3. The first kappa shape index (κ1) is 24.0.